The molecule has 2 amide bonds. The van der Waals surface area contributed by atoms with E-state index in [1.165, 1.54) is 47.3 Å². The van der Waals surface area contributed by atoms with Crippen molar-refractivity contribution in [2.45, 2.75) is 6.92 Å². The van der Waals surface area contributed by atoms with Gasteiger partial charge in [-0.2, -0.15) is 5.10 Å². The molecule has 0 aliphatic carbocycles. The largest absolute Gasteiger partial charge is 0.269 e. The summed E-state index contributed by atoms with van der Waals surface area (Å²) in [7, 11) is 0. The Labute approximate surface area is 183 Å². The average molecular weight is 452 g/mol. The van der Waals surface area contributed by atoms with Gasteiger partial charge in [0.25, 0.3) is 17.5 Å². The lowest BCUT2D eigenvalue weighted by Gasteiger charge is -2.13. The molecule has 3 heterocycles. The predicted molar refractivity (Wildman–Crippen MR) is 113 cm³/mol. The zero-order valence-corrected chi connectivity index (χ0v) is 17.0. The lowest BCUT2D eigenvalue weighted by molar-refractivity contribution is -0.384. The summed E-state index contributed by atoms with van der Waals surface area (Å²) in [5, 5.41) is 15.8. The summed E-state index contributed by atoms with van der Waals surface area (Å²) < 4.78 is 15.8. The van der Waals surface area contributed by atoms with Crippen molar-refractivity contribution in [1.29, 1.82) is 0 Å². The van der Waals surface area contributed by atoms with Gasteiger partial charge in [-0.1, -0.05) is 11.6 Å². The Morgan fingerprint density at radius 3 is 2.47 bits per heavy atom. The average Bonchev–Trinajstić information content (AvgIpc) is 3.22. The minimum absolute atomic E-state index is 0.0695. The molecular weight excluding hydrogens is 441 g/mol. The molecule has 1 aliphatic rings. The molecular formula is C21H11ClFN5O4. The quantitative estimate of drug-likeness (QED) is 0.262. The van der Waals surface area contributed by atoms with Gasteiger partial charge in [0.05, 0.1) is 32.8 Å². The van der Waals surface area contributed by atoms with Crippen molar-refractivity contribution in [3.63, 3.8) is 0 Å². The third kappa shape index (κ3) is 2.77. The van der Waals surface area contributed by atoms with Crippen LogP contribution in [0.3, 0.4) is 0 Å². The first-order chi connectivity index (χ1) is 15.3. The topological polar surface area (TPSA) is 111 Å². The van der Waals surface area contributed by atoms with E-state index in [2.05, 4.69) is 10.1 Å². The molecule has 4 aromatic rings. The van der Waals surface area contributed by atoms with Crippen molar-refractivity contribution in [3.8, 4) is 5.69 Å². The number of aromatic nitrogens is 3. The number of carbonyl (C=O) groups is 2. The molecule has 0 N–H and O–H groups in total. The van der Waals surface area contributed by atoms with Gasteiger partial charge >= 0.3 is 0 Å². The second kappa shape index (κ2) is 6.92. The van der Waals surface area contributed by atoms with E-state index in [0.29, 0.717) is 11.1 Å². The van der Waals surface area contributed by atoms with Crippen molar-refractivity contribution in [1.82, 2.24) is 14.8 Å². The lowest BCUT2D eigenvalue weighted by Crippen LogP contribution is -2.29. The zero-order chi connectivity index (χ0) is 22.7. The van der Waals surface area contributed by atoms with Gasteiger partial charge in [0, 0.05) is 23.4 Å². The molecule has 0 unspecified atom stereocenters. The standard InChI is InChI=1S/C21H11ClFN5O4/c1-10-17-18-14(9-24-19(17)27(25-10)16-7-2-11(22)8-15(16)23)20(29)26(21(18)30)12-3-5-13(6-4-12)28(31)32/h2-9H,1H3. The summed E-state index contributed by atoms with van der Waals surface area (Å²) in [6.07, 6.45) is 1.24. The zero-order valence-electron chi connectivity index (χ0n) is 16.2. The van der Waals surface area contributed by atoms with Crippen molar-refractivity contribution in [2.75, 3.05) is 4.90 Å². The molecule has 0 bridgehead atoms. The fourth-order valence-electron chi connectivity index (χ4n) is 3.74. The van der Waals surface area contributed by atoms with Crippen molar-refractivity contribution < 1.29 is 18.9 Å². The van der Waals surface area contributed by atoms with Gasteiger partial charge in [-0.05, 0) is 37.3 Å². The second-order valence-electron chi connectivity index (χ2n) is 7.06. The maximum Gasteiger partial charge on any atom is 0.269 e. The molecule has 11 heteroatoms. The number of nitro benzene ring substituents is 1. The molecule has 0 atom stereocenters. The number of rotatable bonds is 3. The number of halogens is 2. The third-order valence-corrected chi connectivity index (χ3v) is 5.41. The highest BCUT2D eigenvalue weighted by atomic mass is 35.5. The first-order valence-corrected chi connectivity index (χ1v) is 9.62. The van der Waals surface area contributed by atoms with E-state index in [9.17, 15) is 24.1 Å². The molecule has 32 heavy (non-hydrogen) atoms. The van der Waals surface area contributed by atoms with E-state index in [1.54, 1.807) is 6.92 Å². The number of benzene rings is 2. The molecule has 5 rings (SSSR count). The number of pyridine rings is 1. The molecule has 9 nitrogen and oxygen atoms in total. The van der Waals surface area contributed by atoms with Crippen LogP contribution in [0, 0.1) is 22.9 Å². The molecule has 0 spiro atoms. The molecule has 2 aromatic heterocycles. The van der Waals surface area contributed by atoms with Crippen molar-refractivity contribution >= 4 is 45.8 Å². The Hall–Kier alpha value is -4.18. The molecule has 0 fully saturated rings. The van der Waals surface area contributed by atoms with Crippen LogP contribution in [0.25, 0.3) is 16.7 Å². The number of imide groups is 1. The number of aryl methyl sites for hydroxylation is 1. The normalized spacial score (nSPS) is 13.2. The van der Waals surface area contributed by atoms with E-state index in [0.717, 1.165) is 11.0 Å². The van der Waals surface area contributed by atoms with Crippen LogP contribution in [0.4, 0.5) is 15.8 Å². The Morgan fingerprint density at radius 1 is 1.09 bits per heavy atom. The molecule has 1 aliphatic heterocycles. The molecule has 0 radical (unpaired) electrons. The summed E-state index contributed by atoms with van der Waals surface area (Å²) in [4.78, 5) is 41.8. The fourth-order valence-corrected chi connectivity index (χ4v) is 3.90. The Kier molecular flexibility index (Phi) is 4.28. The van der Waals surface area contributed by atoms with Crippen LogP contribution >= 0.6 is 11.6 Å². The van der Waals surface area contributed by atoms with Crippen LogP contribution in [0.2, 0.25) is 5.02 Å². The molecule has 2 aromatic carbocycles. The highest BCUT2D eigenvalue weighted by Gasteiger charge is 2.40. The van der Waals surface area contributed by atoms with E-state index in [1.807, 2.05) is 0 Å². The van der Waals surface area contributed by atoms with Crippen LogP contribution in [0.15, 0.2) is 48.7 Å². The summed E-state index contributed by atoms with van der Waals surface area (Å²) in [6, 6.07) is 9.14. The smallest absolute Gasteiger partial charge is 0.268 e. The number of hydrogen-bond donors (Lipinski definition) is 0. The van der Waals surface area contributed by atoms with Gasteiger partial charge in [0.2, 0.25) is 0 Å². The summed E-state index contributed by atoms with van der Waals surface area (Å²) in [6.45, 7) is 1.63. The van der Waals surface area contributed by atoms with Gasteiger partial charge in [-0.25, -0.2) is 19.0 Å². The van der Waals surface area contributed by atoms with Crippen molar-refractivity contribution in [2.24, 2.45) is 0 Å². The molecule has 158 valence electrons. The van der Waals surface area contributed by atoms with Crippen LogP contribution in [-0.2, 0) is 0 Å². The molecule has 0 saturated carbocycles. The van der Waals surface area contributed by atoms with E-state index >= 15 is 0 Å². The second-order valence-corrected chi connectivity index (χ2v) is 7.49. The number of nitro groups is 1. The van der Waals surface area contributed by atoms with E-state index < -0.39 is 22.6 Å². The number of amides is 2. The van der Waals surface area contributed by atoms with Crippen LogP contribution in [0.1, 0.15) is 26.4 Å². The van der Waals surface area contributed by atoms with Crippen LogP contribution in [0.5, 0.6) is 0 Å². The van der Waals surface area contributed by atoms with Gasteiger partial charge in [-0.3, -0.25) is 19.7 Å². The summed E-state index contributed by atoms with van der Waals surface area (Å²) in [5.41, 5.74) is 0.848. The summed E-state index contributed by atoms with van der Waals surface area (Å²) >= 11 is 5.83. The summed E-state index contributed by atoms with van der Waals surface area (Å²) in [5.74, 6) is -1.86. The van der Waals surface area contributed by atoms with Crippen LogP contribution < -0.4 is 4.90 Å². The minimum atomic E-state index is -0.626. The SMILES string of the molecule is Cc1nn(-c2ccc(Cl)cc2F)c2ncc3c(c12)C(=O)N(c1ccc([N+](=O)[O-])cc1)C3=O. The fraction of sp³-hybridized carbons (Fsp3) is 0.0476. The minimum Gasteiger partial charge on any atom is -0.268 e. The van der Waals surface area contributed by atoms with Gasteiger partial charge in [0.15, 0.2) is 5.65 Å². The maximum absolute atomic E-state index is 14.5. The predicted octanol–water partition coefficient (Wildman–Crippen LogP) is 4.23. The van der Waals surface area contributed by atoms with Gasteiger partial charge < -0.3 is 0 Å². The number of hydrogen-bond acceptors (Lipinski definition) is 6. The first kappa shape index (κ1) is 19.8. The number of non-ortho nitro benzene ring substituents is 1. The first-order valence-electron chi connectivity index (χ1n) is 9.25. The monoisotopic (exact) mass is 451 g/mol. The number of carbonyl (C=O) groups excluding carboxylic acids is 2. The van der Waals surface area contributed by atoms with E-state index in [-0.39, 0.29) is 38.9 Å². The number of anilines is 1. The van der Waals surface area contributed by atoms with Crippen LogP contribution in [-0.4, -0.2) is 31.5 Å². The van der Waals surface area contributed by atoms with Gasteiger partial charge in [0.1, 0.15) is 11.5 Å². The highest BCUT2D eigenvalue weighted by Crippen LogP contribution is 2.35. The molecule has 0 saturated heterocycles. The maximum atomic E-state index is 14.5. The lowest BCUT2D eigenvalue weighted by atomic mass is 10.1. The highest BCUT2D eigenvalue weighted by molar-refractivity contribution is 6.37. The Morgan fingerprint density at radius 2 is 1.81 bits per heavy atom. The van der Waals surface area contributed by atoms with Crippen molar-refractivity contribution in [3.05, 3.63) is 86.4 Å². The third-order valence-electron chi connectivity index (χ3n) is 5.18. The van der Waals surface area contributed by atoms with Gasteiger partial charge in [-0.15, -0.1) is 0 Å². The Balaban J connectivity index is 1.67. The number of nitrogens with zero attached hydrogens (tertiary/aromatic N) is 5. The Bertz CT molecular complexity index is 1480. The number of fused-ring (bicyclic) bond motifs is 3. The van der Waals surface area contributed by atoms with E-state index in [4.69, 9.17) is 11.6 Å².